The van der Waals surface area contributed by atoms with Gasteiger partial charge < -0.3 is 9.47 Å². The molecule has 1 fully saturated rings. The van der Waals surface area contributed by atoms with Gasteiger partial charge in [-0.25, -0.2) is 9.37 Å². The van der Waals surface area contributed by atoms with Crippen molar-refractivity contribution >= 4 is 10.9 Å². The van der Waals surface area contributed by atoms with Crippen molar-refractivity contribution < 1.29 is 13.9 Å². The number of aryl methyl sites for hydroxylation is 1. The second-order valence-electron chi connectivity index (χ2n) is 8.22. The van der Waals surface area contributed by atoms with Crippen molar-refractivity contribution in [1.82, 2.24) is 30.5 Å². The highest BCUT2D eigenvalue weighted by Crippen LogP contribution is 2.35. The van der Waals surface area contributed by atoms with E-state index in [0.29, 0.717) is 28.2 Å². The van der Waals surface area contributed by atoms with Gasteiger partial charge in [0.05, 0.1) is 12.5 Å². The Balaban J connectivity index is 1.29. The van der Waals surface area contributed by atoms with Gasteiger partial charge in [0.25, 0.3) is 0 Å². The highest BCUT2D eigenvalue weighted by atomic mass is 19.1. The molecule has 1 aliphatic rings. The number of nitrogens with one attached hydrogen (secondary N) is 1. The van der Waals surface area contributed by atoms with Gasteiger partial charge in [-0.05, 0) is 42.7 Å². The third-order valence-electron chi connectivity index (χ3n) is 6.01. The van der Waals surface area contributed by atoms with Gasteiger partial charge in [0.1, 0.15) is 28.9 Å². The molecule has 33 heavy (non-hydrogen) atoms. The van der Waals surface area contributed by atoms with E-state index in [4.69, 9.17) is 9.47 Å². The highest BCUT2D eigenvalue weighted by molar-refractivity contribution is 5.90. The summed E-state index contributed by atoms with van der Waals surface area (Å²) in [7, 11) is 1.56. The number of ether oxygens (including phenoxy) is 2. The van der Waals surface area contributed by atoms with E-state index in [1.54, 1.807) is 19.2 Å². The van der Waals surface area contributed by atoms with Gasteiger partial charge >= 0.3 is 0 Å². The fourth-order valence-electron chi connectivity index (χ4n) is 4.38. The molecule has 4 aromatic rings. The van der Waals surface area contributed by atoms with Crippen molar-refractivity contribution in [3.05, 3.63) is 59.5 Å². The molecule has 0 saturated carbocycles. The molecule has 1 N–H and O–H groups in total. The van der Waals surface area contributed by atoms with Crippen LogP contribution in [-0.4, -0.2) is 56.8 Å². The molecule has 5 rings (SSSR count). The number of piperidine rings is 1. The molecule has 170 valence electrons. The molecule has 9 heteroatoms. The summed E-state index contributed by atoms with van der Waals surface area (Å²) in [5.41, 5.74) is 3.39. The molecule has 2 aromatic carbocycles. The molecule has 8 nitrogen and oxygen atoms in total. The number of tetrazole rings is 1. The summed E-state index contributed by atoms with van der Waals surface area (Å²) < 4.78 is 26.4. The van der Waals surface area contributed by atoms with Crippen LogP contribution in [-0.2, 0) is 6.54 Å². The zero-order valence-corrected chi connectivity index (χ0v) is 18.6. The van der Waals surface area contributed by atoms with Crippen molar-refractivity contribution in [2.45, 2.75) is 32.4 Å². The van der Waals surface area contributed by atoms with Crippen LogP contribution in [0.5, 0.6) is 11.5 Å². The molecular weight excluding hydrogens is 423 g/mol. The van der Waals surface area contributed by atoms with Crippen LogP contribution >= 0.6 is 0 Å². The van der Waals surface area contributed by atoms with E-state index >= 15 is 0 Å². The standard InChI is InChI=1S/C24H25FN6O2/c1-15-13-21(22-19(25)7-8-20(32-2)23(22)26-15)33-17-9-11-31(12-10-17)14-16-5-3-4-6-18(16)24-27-29-30-28-24/h3-8,13,17H,9-12,14H2,1-2H3,(H,27,28,29,30). The summed E-state index contributed by atoms with van der Waals surface area (Å²) in [4.78, 5) is 6.87. The lowest BCUT2D eigenvalue weighted by Gasteiger charge is -2.32. The minimum Gasteiger partial charge on any atom is -0.494 e. The summed E-state index contributed by atoms with van der Waals surface area (Å²) in [6, 6.07) is 12.9. The average Bonchev–Trinajstić information content (AvgIpc) is 3.35. The van der Waals surface area contributed by atoms with Crippen molar-refractivity contribution in [2.24, 2.45) is 0 Å². The maximum atomic E-state index is 14.7. The summed E-state index contributed by atoms with van der Waals surface area (Å²) >= 11 is 0. The topological polar surface area (TPSA) is 89.0 Å². The molecule has 0 unspecified atom stereocenters. The first-order valence-corrected chi connectivity index (χ1v) is 11.0. The second kappa shape index (κ2) is 9.11. The fraction of sp³-hybridized carbons (Fsp3) is 0.333. The number of benzene rings is 2. The maximum absolute atomic E-state index is 14.7. The van der Waals surface area contributed by atoms with E-state index in [1.807, 2.05) is 25.1 Å². The number of rotatable bonds is 6. The van der Waals surface area contributed by atoms with Crippen LogP contribution in [0.3, 0.4) is 0 Å². The summed E-state index contributed by atoms with van der Waals surface area (Å²) in [6.07, 6.45) is 1.70. The predicted octanol–water partition coefficient (Wildman–Crippen LogP) is 3.91. The van der Waals surface area contributed by atoms with Crippen molar-refractivity contribution in [3.63, 3.8) is 0 Å². The number of pyridine rings is 1. The number of hydrogen-bond acceptors (Lipinski definition) is 7. The Labute approximate surface area is 190 Å². The van der Waals surface area contributed by atoms with E-state index in [9.17, 15) is 4.39 Å². The number of methoxy groups -OCH3 is 1. The van der Waals surface area contributed by atoms with Crippen LogP contribution in [0, 0.1) is 12.7 Å². The molecule has 0 radical (unpaired) electrons. The first-order valence-electron chi connectivity index (χ1n) is 11.0. The van der Waals surface area contributed by atoms with E-state index in [-0.39, 0.29) is 11.9 Å². The van der Waals surface area contributed by atoms with Gasteiger partial charge in [0.15, 0.2) is 0 Å². The zero-order valence-electron chi connectivity index (χ0n) is 18.6. The predicted molar refractivity (Wildman–Crippen MR) is 122 cm³/mol. The number of aromatic nitrogens is 5. The van der Waals surface area contributed by atoms with E-state index in [1.165, 1.54) is 6.07 Å². The van der Waals surface area contributed by atoms with Crippen molar-refractivity contribution in [1.29, 1.82) is 0 Å². The van der Waals surface area contributed by atoms with Crippen molar-refractivity contribution in [3.8, 4) is 22.9 Å². The number of halogens is 1. The quantitative estimate of drug-likeness (QED) is 0.478. The third kappa shape index (κ3) is 4.36. The van der Waals surface area contributed by atoms with Gasteiger partial charge in [-0.2, -0.15) is 5.21 Å². The Morgan fingerprint density at radius 1 is 1.12 bits per heavy atom. The highest BCUT2D eigenvalue weighted by Gasteiger charge is 2.24. The Bertz CT molecular complexity index is 1260. The molecule has 0 spiro atoms. The van der Waals surface area contributed by atoms with E-state index in [0.717, 1.165) is 49.3 Å². The maximum Gasteiger partial charge on any atom is 0.204 e. The van der Waals surface area contributed by atoms with Crippen LogP contribution in [0.1, 0.15) is 24.1 Å². The van der Waals surface area contributed by atoms with Gasteiger partial charge in [-0.1, -0.05) is 24.3 Å². The molecule has 1 saturated heterocycles. The molecule has 1 aliphatic heterocycles. The van der Waals surface area contributed by atoms with Crippen molar-refractivity contribution in [2.75, 3.05) is 20.2 Å². The van der Waals surface area contributed by atoms with Gasteiger partial charge in [-0.15, -0.1) is 10.2 Å². The Hall–Kier alpha value is -3.59. The second-order valence-corrected chi connectivity index (χ2v) is 8.22. The normalized spacial score (nSPS) is 15.1. The Kier molecular flexibility index (Phi) is 5.87. The lowest BCUT2D eigenvalue weighted by atomic mass is 10.0. The number of nitrogens with zero attached hydrogens (tertiary/aromatic N) is 5. The lowest BCUT2D eigenvalue weighted by molar-refractivity contribution is 0.0978. The first-order chi connectivity index (χ1) is 16.1. The smallest absolute Gasteiger partial charge is 0.204 e. The summed E-state index contributed by atoms with van der Waals surface area (Å²) in [5.74, 6) is 1.30. The first kappa shape index (κ1) is 21.3. The number of likely N-dealkylation sites (tertiary alicyclic amines) is 1. The molecule has 0 aliphatic carbocycles. The Morgan fingerprint density at radius 2 is 1.94 bits per heavy atom. The van der Waals surface area contributed by atoms with Crippen LogP contribution in [0.25, 0.3) is 22.3 Å². The largest absolute Gasteiger partial charge is 0.494 e. The van der Waals surface area contributed by atoms with Crippen LogP contribution < -0.4 is 9.47 Å². The number of H-pyrrole nitrogens is 1. The molecule has 0 amide bonds. The van der Waals surface area contributed by atoms with Crippen LogP contribution in [0.2, 0.25) is 0 Å². The van der Waals surface area contributed by atoms with Gasteiger partial charge in [0, 0.05) is 37.0 Å². The Morgan fingerprint density at radius 3 is 2.70 bits per heavy atom. The molecule has 3 heterocycles. The minimum atomic E-state index is -0.358. The summed E-state index contributed by atoms with van der Waals surface area (Å²) in [6.45, 7) is 4.42. The number of fused-ring (bicyclic) bond motifs is 1. The van der Waals surface area contributed by atoms with Gasteiger partial charge in [-0.3, -0.25) is 4.90 Å². The molecule has 0 atom stereocenters. The fourth-order valence-corrected chi connectivity index (χ4v) is 4.38. The summed E-state index contributed by atoms with van der Waals surface area (Å²) in [5, 5.41) is 14.8. The molecule has 2 aromatic heterocycles. The number of aromatic amines is 1. The third-order valence-corrected chi connectivity index (χ3v) is 6.01. The number of hydrogen-bond donors (Lipinski definition) is 1. The van der Waals surface area contributed by atoms with Crippen LogP contribution in [0.15, 0.2) is 42.5 Å². The van der Waals surface area contributed by atoms with E-state index < -0.39 is 0 Å². The zero-order chi connectivity index (χ0) is 22.8. The van der Waals surface area contributed by atoms with Gasteiger partial charge in [0.2, 0.25) is 5.82 Å². The molecule has 0 bridgehead atoms. The minimum absolute atomic E-state index is 0.00398. The average molecular weight is 449 g/mol. The van der Waals surface area contributed by atoms with Crippen LogP contribution in [0.4, 0.5) is 4.39 Å². The SMILES string of the molecule is COc1ccc(F)c2c(OC3CCN(Cc4ccccc4-c4nn[nH]n4)CC3)cc(C)nc12. The molecular formula is C24H25FN6O2. The van der Waals surface area contributed by atoms with E-state index in [2.05, 4.69) is 36.6 Å². The lowest BCUT2D eigenvalue weighted by Crippen LogP contribution is -2.38. The monoisotopic (exact) mass is 448 g/mol.